The number of rotatable bonds is 7. The van der Waals surface area contributed by atoms with Gasteiger partial charge in [-0.2, -0.15) is 0 Å². The number of ether oxygens (including phenoxy) is 1. The highest BCUT2D eigenvalue weighted by Crippen LogP contribution is 2.42. The monoisotopic (exact) mass is 222 g/mol. The van der Waals surface area contributed by atoms with E-state index in [1.54, 1.807) is 0 Å². The van der Waals surface area contributed by atoms with Crippen molar-refractivity contribution in [3.63, 3.8) is 0 Å². The summed E-state index contributed by atoms with van der Waals surface area (Å²) >= 11 is 0. The minimum Gasteiger partial charge on any atom is -0.462 e. The maximum atomic E-state index is 11.2. The Balaban J connectivity index is 3.43. The van der Waals surface area contributed by atoms with Crippen LogP contribution in [0.15, 0.2) is 12.7 Å². The van der Waals surface area contributed by atoms with Gasteiger partial charge in [-0.1, -0.05) is 6.58 Å². The van der Waals surface area contributed by atoms with Gasteiger partial charge in [-0.25, -0.2) is 4.79 Å². The Labute approximate surface area is 83.6 Å². The maximum absolute atomic E-state index is 11.2. The quantitative estimate of drug-likeness (QED) is 0.283. The van der Waals surface area contributed by atoms with E-state index < -0.39 is 13.6 Å². The summed E-state index contributed by atoms with van der Waals surface area (Å²) in [6.07, 6.45) is 1.56. The lowest BCUT2D eigenvalue weighted by Crippen LogP contribution is -2.04. The van der Waals surface area contributed by atoms with Crippen molar-refractivity contribution in [3.05, 3.63) is 12.7 Å². The van der Waals surface area contributed by atoms with Gasteiger partial charge in [0.1, 0.15) is 0 Å². The Morgan fingerprint density at radius 1 is 1.50 bits per heavy atom. The standard InChI is InChI=1S/C8H15O5P/c1-4-8(9)12-6-5-7-13-14(3,10)11-2/h4H,1,5-7H2,2-3H3. The van der Waals surface area contributed by atoms with Crippen LogP contribution in [0.2, 0.25) is 0 Å². The minimum absolute atomic E-state index is 0.217. The summed E-state index contributed by atoms with van der Waals surface area (Å²) < 4.78 is 25.3. The van der Waals surface area contributed by atoms with Crippen molar-refractivity contribution in [1.82, 2.24) is 0 Å². The van der Waals surface area contributed by atoms with Gasteiger partial charge in [0.25, 0.3) is 0 Å². The van der Waals surface area contributed by atoms with Gasteiger partial charge < -0.3 is 13.8 Å². The van der Waals surface area contributed by atoms with Crippen LogP contribution in [0, 0.1) is 0 Å². The van der Waals surface area contributed by atoms with Gasteiger partial charge in [-0.3, -0.25) is 4.57 Å². The Hall–Kier alpha value is -0.640. The Morgan fingerprint density at radius 3 is 2.64 bits per heavy atom. The molecule has 0 bridgehead atoms. The summed E-state index contributed by atoms with van der Waals surface area (Å²) in [5.74, 6) is -0.476. The predicted octanol–water partition coefficient (Wildman–Crippen LogP) is 1.59. The van der Waals surface area contributed by atoms with Gasteiger partial charge in [-0.05, 0) is 0 Å². The molecule has 0 heterocycles. The Kier molecular flexibility index (Phi) is 6.45. The van der Waals surface area contributed by atoms with Crippen LogP contribution >= 0.6 is 7.60 Å². The van der Waals surface area contributed by atoms with Gasteiger partial charge in [0.15, 0.2) is 0 Å². The van der Waals surface area contributed by atoms with Crippen molar-refractivity contribution < 1.29 is 23.1 Å². The zero-order valence-electron chi connectivity index (χ0n) is 8.39. The maximum Gasteiger partial charge on any atom is 0.330 e. The van der Waals surface area contributed by atoms with E-state index in [0.29, 0.717) is 6.42 Å². The summed E-state index contributed by atoms with van der Waals surface area (Å²) in [6, 6.07) is 0. The first kappa shape index (κ1) is 13.4. The molecule has 0 aromatic heterocycles. The van der Waals surface area contributed by atoms with Gasteiger partial charge in [0.2, 0.25) is 0 Å². The molecule has 0 aliphatic carbocycles. The third-order valence-corrected chi connectivity index (χ3v) is 2.67. The molecule has 82 valence electrons. The first-order chi connectivity index (χ1) is 6.52. The van der Waals surface area contributed by atoms with Gasteiger partial charge in [0, 0.05) is 26.3 Å². The summed E-state index contributed by atoms with van der Waals surface area (Å²) in [5, 5.41) is 0. The predicted molar refractivity (Wildman–Crippen MR) is 52.3 cm³/mol. The topological polar surface area (TPSA) is 61.8 Å². The minimum atomic E-state index is -2.90. The third kappa shape index (κ3) is 6.83. The lowest BCUT2D eigenvalue weighted by atomic mass is 10.5. The van der Waals surface area contributed by atoms with Crippen LogP contribution in [-0.2, 0) is 23.1 Å². The molecule has 1 atom stereocenters. The molecule has 0 aliphatic rings. The second-order valence-corrected chi connectivity index (χ2v) is 4.68. The number of carbonyl (C=O) groups excluding carboxylic acids is 1. The molecule has 0 spiro atoms. The van der Waals surface area contributed by atoms with Crippen LogP contribution < -0.4 is 0 Å². The first-order valence-corrected chi connectivity index (χ1v) is 6.08. The van der Waals surface area contributed by atoms with Crippen LogP contribution in [0.4, 0.5) is 0 Å². The van der Waals surface area contributed by atoms with Crippen LogP contribution in [0.25, 0.3) is 0 Å². The van der Waals surface area contributed by atoms with E-state index in [-0.39, 0.29) is 13.2 Å². The molecular weight excluding hydrogens is 207 g/mol. The van der Waals surface area contributed by atoms with Gasteiger partial charge >= 0.3 is 13.6 Å². The molecule has 0 N–H and O–H groups in total. The summed E-state index contributed by atoms with van der Waals surface area (Å²) in [4.78, 5) is 10.6. The normalized spacial score (nSPS) is 14.4. The molecule has 0 radical (unpaired) electrons. The highest BCUT2D eigenvalue weighted by atomic mass is 31.2. The Bertz CT molecular complexity index is 238. The van der Waals surface area contributed by atoms with E-state index in [2.05, 4.69) is 15.8 Å². The second-order valence-electron chi connectivity index (χ2n) is 2.51. The average Bonchev–Trinajstić information content (AvgIpc) is 2.17. The summed E-state index contributed by atoms with van der Waals surface area (Å²) in [7, 11) is -1.59. The van der Waals surface area contributed by atoms with E-state index in [1.807, 2.05) is 0 Å². The Morgan fingerprint density at radius 2 is 2.14 bits per heavy atom. The van der Waals surface area contributed by atoms with Crippen molar-refractivity contribution in [2.75, 3.05) is 27.0 Å². The van der Waals surface area contributed by atoms with Crippen LogP contribution in [0.5, 0.6) is 0 Å². The van der Waals surface area contributed by atoms with Crippen LogP contribution in [0.3, 0.4) is 0 Å². The van der Waals surface area contributed by atoms with Crippen molar-refractivity contribution in [3.8, 4) is 0 Å². The molecule has 0 aromatic rings. The van der Waals surface area contributed by atoms with E-state index in [9.17, 15) is 9.36 Å². The van der Waals surface area contributed by atoms with Crippen molar-refractivity contribution in [1.29, 1.82) is 0 Å². The highest BCUT2D eigenvalue weighted by molar-refractivity contribution is 7.52. The van der Waals surface area contributed by atoms with Crippen LogP contribution in [-0.4, -0.2) is 33.0 Å². The van der Waals surface area contributed by atoms with E-state index in [4.69, 9.17) is 4.52 Å². The van der Waals surface area contributed by atoms with E-state index in [0.717, 1.165) is 6.08 Å². The van der Waals surface area contributed by atoms with E-state index >= 15 is 0 Å². The van der Waals surface area contributed by atoms with Crippen molar-refractivity contribution >= 4 is 13.6 Å². The molecule has 0 rings (SSSR count). The van der Waals surface area contributed by atoms with Gasteiger partial charge in [-0.15, -0.1) is 0 Å². The molecule has 0 fully saturated rings. The van der Waals surface area contributed by atoms with Crippen molar-refractivity contribution in [2.45, 2.75) is 6.42 Å². The fraction of sp³-hybridized carbons (Fsp3) is 0.625. The van der Waals surface area contributed by atoms with Crippen LogP contribution in [0.1, 0.15) is 6.42 Å². The molecule has 14 heavy (non-hydrogen) atoms. The zero-order chi connectivity index (χ0) is 11.0. The summed E-state index contributed by atoms with van der Waals surface area (Å²) in [6.45, 7) is 5.06. The molecule has 0 aromatic carbocycles. The fourth-order valence-corrected chi connectivity index (χ4v) is 1.14. The van der Waals surface area contributed by atoms with Gasteiger partial charge in [0.05, 0.1) is 13.2 Å². The molecule has 5 nitrogen and oxygen atoms in total. The molecular formula is C8H15O5P. The highest BCUT2D eigenvalue weighted by Gasteiger charge is 2.13. The number of hydrogen-bond donors (Lipinski definition) is 0. The van der Waals surface area contributed by atoms with E-state index in [1.165, 1.54) is 13.8 Å². The zero-order valence-corrected chi connectivity index (χ0v) is 9.29. The van der Waals surface area contributed by atoms with Crippen molar-refractivity contribution in [2.24, 2.45) is 0 Å². The largest absolute Gasteiger partial charge is 0.462 e. The molecule has 0 aliphatic heterocycles. The number of esters is 1. The fourth-order valence-electron chi connectivity index (χ4n) is 0.574. The molecule has 0 amide bonds. The molecule has 0 saturated carbocycles. The summed E-state index contributed by atoms with van der Waals surface area (Å²) in [5.41, 5.74) is 0. The number of carbonyl (C=O) groups is 1. The SMILES string of the molecule is C=CC(=O)OCCCOP(C)(=O)OC. The lowest BCUT2D eigenvalue weighted by molar-refractivity contribution is -0.137. The number of hydrogen-bond acceptors (Lipinski definition) is 5. The molecule has 6 heteroatoms. The average molecular weight is 222 g/mol. The second kappa shape index (κ2) is 6.76. The lowest BCUT2D eigenvalue weighted by Gasteiger charge is -2.10. The third-order valence-electron chi connectivity index (χ3n) is 1.36. The molecule has 1 unspecified atom stereocenters. The molecule has 0 saturated heterocycles. The smallest absolute Gasteiger partial charge is 0.330 e. The first-order valence-electron chi connectivity index (χ1n) is 4.09.